The normalized spacial score (nSPS) is 12.0. The zero-order valence-corrected chi connectivity index (χ0v) is 22.6. The van der Waals surface area contributed by atoms with E-state index in [9.17, 15) is 9.18 Å². The van der Waals surface area contributed by atoms with Crippen LogP contribution in [0.1, 0.15) is 23.9 Å². The van der Waals surface area contributed by atoms with Crippen molar-refractivity contribution in [1.29, 1.82) is 0 Å². The molecule has 1 atom stereocenters. The van der Waals surface area contributed by atoms with E-state index in [0.29, 0.717) is 23.1 Å². The van der Waals surface area contributed by atoms with Crippen molar-refractivity contribution in [2.45, 2.75) is 30.8 Å². The number of carbonyl (C=O) groups excluding carboxylic acids is 1. The first-order valence-corrected chi connectivity index (χ1v) is 13.1. The summed E-state index contributed by atoms with van der Waals surface area (Å²) in [5, 5.41) is 16.2. The molecular weight excluding hydrogens is 590 g/mol. The molecule has 2 N–H and O–H groups in total. The summed E-state index contributed by atoms with van der Waals surface area (Å²) in [7, 11) is 0. The predicted octanol–water partition coefficient (Wildman–Crippen LogP) is 5.56. The predicted molar refractivity (Wildman–Crippen MR) is 150 cm³/mol. The summed E-state index contributed by atoms with van der Waals surface area (Å²) in [5.74, 6) is -0.0216. The van der Waals surface area contributed by atoms with Gasteiger partial charge in [0.25, 0.3) is 5.91 Å². The molecule has 0 fully saturated rings. The van der Waals surface area contributed by atoms with Gasteiger partial charge in [-0.2, -0.15) is 5.10 Å². The maximum Gasteiger partial charge on any atom is 0.253 e. The zero-order valence-electron chi connectivity index (χ0n) is 19.7. The van der Waals surface area contributed by atoms with E-state index in [1.807, 2.05) is 47.0 Å². The van der Waals surface area contributed by atoms with Crippen LogP contribution in [0.25, 0.3) is 5.69 Å². The van der Waals surface area contributed by atoms with Crippen molar-refractivity contribution in [3.63, 3.8) is 0 Å². The van der Waals surface area contributed by atoms with E-state index in [4.69, 9.17) is 0 Å². The number of nitrogens with zero attached hydrogens (tertiary/aromatic N) is 4. The van der Waals surface area contributed by atoms with Crippen LogP contribution in [0, 0.1) is 16.3 Å². The highest BCUT2D eigenvalue weighted by Crippen LogP contribution is 2.27. The Labute approximate surface area is 226 Å². The Morgan fingerprint density at radius 2 is 1.89 bits per heavy atom. The largest absolute Gasteiger partial charge is 0.378 e. The summed E-state index contributed by atoms with van der Waals surface area (Å²) >= 11 is 3.56. The lowest BCUT2D eigenvalue weighted by molar-refractivity contribution is -0.120. The number of halogens is 2. The first kappa shape index (κ1) is 25.8. The van der Waals surface area contributed by atoms with Gasteiger partial charge in [0.05, 0.1) is 18.0 Å². The Kier molecular flexibility index (Phi) is 8.70. The number of hydrogen-bond donors (Lipinski definition) is 2. The molecule has 0 radical (unpaired) electrons. The second-order valence-electron chi connectivity index (χ2n) is 7.90. The molecule has 0 aliphatic carbocycles. The van der Waals surface area contributed by atoms with Gasteiger partial charge in [0, 0.05) is 20.5 Å². The highest BCUT2D eigenvalue weighted by molar-refractivity contribution is 14.1. The molecule has 0 aliphatic heterocycles. The summed E-state index contributed by atoms with van der Waals surface area (Å²) in [4.78, 5) is 12.6. The highest BCUT2D eigenvalue weighted by atomic mass is 127. The van der Waals surface area contributed by atoms with Crippen molar-refractivity contribution >= 4 is 52.2 Å². The number of aromatic nitrogens is 3. The van der Waals surface area contributed by atoms with Crippen LogP contribution >= 0.6 is 34.4 Å². The number of para-hydroxylation sites is 1. The quantitative estimate of drug-likeness (QED) is 0.112. The van der Waals surface area contributed by atoms with Crippen LogP contribution in [-0.4, -0.2) is 32.1 Å². The Hall–Kier alpha value is -3.25. The van der Waals surface area contributed by atoms with Crippen molar-refractivity contribution in [1.82, 2.24) is 20.2 Å². The monoisotopic (exact) mass is 614 g/mol. The highest BCUT2D eigenvalue weighted by Gasteiger charge is 2.21. The van der Waals surface area contributed by atoms with Crippen molar-refractivity contribution in [3.8, 4) is 5.69 Å². The number of hydrogen-bond acceptors (Lipinski definition) is 6. The van der Waals surface area contributed by atoms with Crippen LogP contribution < -0.4 is 10.7 Å². The maximum atomic E-state index is 13.7. The van der Waals surface area contributed by atoms with Gasteiger partial charge in [-0.25, -0.2) is 9.82 Å². The molecule has 10 heteroatoms. The van der Waals surface area contributed by atoms with Crippen molar-refractivity contribution in [2.75, 3.05) is 5.32 Å². The lowest BCUT2D eigenvalue weighted by atomic mass is 10.2. The number of carbonyl (C=O) groups is 1. The van der Waals surface area contributed by atoms with E-state index in [1.165, 1.54) is 27.6 Å². The van der Waals surface area contributed by atoms with Gasteiger partial charge in [0.1, 0.15) is 5.82 Å². The molecule has 3 aromatic carbocycles. The maximum absolute atomic E-state index is 13.7. The van der Waals surface area contributed by atoms with E-state index >= 15 is 0 Å². The van der Waals surface area contributed by atoms with Crippen LogP contribution in [0.3, 0.4) is 0 Å². The van der Waals surface area contributed by atoms with Gasteiger partial charge >= 0.3 is 0 Å². The third-order valence-electron chi connectivity index (χ3n) is 5.28. The summed E-state index contributed by atoms with van der Waals surface area (Å²) in [6, 6.07) is 22.2. The molecule has 36 heavy (non-hydrogen) atoms. The Morgan fingerprint density at radius 3 is 2.64 bits per heavy atom. The van der Waals surface area contributed by atoms with Crippen LogP contribution in [0.2, 0.25) is 0 Å². The van der Waals surface area contributed by atoms with Crippen LogP contribution in [0.5, 0.6) is 0 Å². The SMILES string of the molecule is Cc1cc(I)ccc1NCc1nnc(SC(C)C(=O)NN=Cc2ccccc2F)n1-c1ccccc1. The fourth-order valence-corrected chi connectivity index (χ4v) is 4.90. The third kappa shape index (κ3) is 6.49. The number of nitrogens with one attached hydrogen (secondary N) is 2. The molecule has 1 aromatic heterocycles. The average molecular weight is 614 g/mol. The smallest absolute Gasteiger partial charge is 0.253 e. The minimum Gasteiger partial charge on any atom is -0.378 e. The van der Waals surface area contributed by atoms with Crippen LogP contribution in [0.15, 0.2) is 83.1 Å². The van der Waals surface area contributed by atoms with Gasteiger partial charge in [-0.1, -0.05) is 48.2 Å². The van der Waals surface area contributed by atoms with E-state index in [-0.39, 0.29) is 5.91 Å². The second-order valence-corrected chi connectivity index (χ2v) is 10.5. The van der Waals surface area contributed by atoms with Crippen molar-refractivity contribution < 1.29 is 9.18 Å². The number of amides is 1. The minimum absolute atomic E-state index is 0.294. The molecule has 184 valence electrons. The van der Waals surface area contributed by atoms with Gasteiger partial charge in [-0.3, -0.25) is 9.36 Å². The summed E-state index contributed by atoms with van der Waals surface area (Å²) < 4.78 is 16.9. The lowest BCUT2D eigenvalue weighted by Gasteiger charge is -2.14. The Bertz CT molecular complexity index is 1380. The van der Waals surface area contributed by atoms with Gasteiger partial charge in [-0.15, -0.1) is 10.2 Å². The number of thioether (sulfide) groups is 1. The number of benzene rings is 3. The molecule has 0 saturated heterocycles. The molecule has 4 aromatic rings. The summed E-state index contributed by atoms with van der Waals surface area (Å²) in [6.07, 6.45) is 1.29. The van der Waals surface area contributed by atoms with Crippen LogP contribution in [-0.2, 0) is 11.3 Å². The van der Waals surface area contributed by atoms with Gasteiger partial charge in [-0.05, 0) is 78.4 Å². The molecule has 1 heterocycles. The Balaban J connectivity index is 1.49. The fraction of sp³-hybridized carbons (Fsp3) is 0.154. The first-order chi connectivity index (χ1) is 17.4. The fourth-order valence-electron chi connectivity index (χ4n) is 3.38. The number of anilines is 1. The molecule has 0 bridgehead atoms. The molecule has 1 amide bonds. The topological polar surface area (TPSA) is 84.2 Å². The van der Waals surface area contributed by atoms with Gasteiger partial charge in [0.2, 0.25) is 0 Å². The average Bonchev–Trinajstić information content (AvgIpc) is 3.27. The van der Waals surface area contributed by atoms with E-state index in [2.05, 4.69) is 61.6 Å². The molecule has 0 saturated carbocycles. The zero-order chi connectivity index (χ0) is 25.5. The number of rotatable bonds is 9. The second kappa shape index (κ2) is 12.1. The molecule has 4 rings (SSSR count). The van der Waals surface area contributed by atoms with Gasteiger partial charge < -0.3 is 5.32 Å². The lowest BCUT2D eigenvalue weighted by Crippen LogP contribution is -2.27. The molecular formula is C26H24FIN6OS. The Morgan fingerprint density at radius 1 is 1.14 bits per heavy atom. The van der Waals surface area contributed by atoms with E-state index in [0.717, 1.165) is 16.9 Å². The minimum atomic E-state index is -0.520. The standard InChI is InChI=1S/C26H24FIN6OS/c1-17-14-20(28)12-13-23(17)29-16-24-31-33-26(34(24)21-9-4-3-5-10-21)36-18(2)25(35)32-30-15-19-8-6-7-11-22(19)27/h3-15,18,29H,16H2,1-2H3,(H,32,35). The molecule has 0 aliphatic rings. The summed E-state index contributed by atoms with van der Waals surface area (Å²) in [6.45, 7) is 4.27. The molecule has 1 unspecified atom stereocenters. The first-order valence-electron chi connectivity index (χ1n) is 11.2. The van der Waals surface area contributed by atoms with Crippen LogP contribution in [0.4, 0.5) is 10.1 Å². The molecule has 0 spiro atoms. The molecule has 7 nitrogen and oxygen atoms in total. The van der Waals surface area contributed by atoms with Crippen molar-refractivity contribution in [3.05, 3.63) is 99.1 Å². The van der Waals surface area contributed by atoms with E-state index in [1.54, 1.807) is 25.1 Å². The number of aryl methyl sites for hydroxylation is 1. The summed E-state index contributed by atoms with van der Waals surface area (Å²) in [5.41, 5.74) is 5.83. The van der Waals surface area contributed by atoms with Gasteiger partial charge in [0.15, 0.2) is 11.0 Å². The third-order valence-corrected chi connectivity index (χ3v) is 6.99. The van der Waals surface area contributed by atoms with Crippen molar-refractivity contribution in [2.24, 2.45) is 5.10 Å². The van der Waals surface area contributed by atoms with E-state index < -0.39 is 11.1 Å². The number of hydrazone groups is 1.